The predicted molar refractivity (Wildman–Crippen MR) is 62.1 cm³/mol. The first kappa shape index (κ1) is 10.0. The van der Waals surface area contributed by atoms with E-state index in [4.69, 9.17) is 22.9 Å². The molecule has 0 amide bonds. The molecule has 0 spiro atoms. The largest absolute Gasteiger partial charge is 0.446 e. The van der Waals surface area contributed by atoms with Gasteiger partial charge in [-0.2, -0.15) is 0 Å². The fourth-order valence-corrected chi connectivity index (χ4v) is 1.89. The zero-order valence-electron chi connectivity index (χ0n) is 7.61. The van der Waals surface area contributed by atoms with Crippen LogP contribution in [-0.4, -0.2) is 0 Å². The summed E-state index contributed by atoms with van der Waals surface area (Å²) in [4.78, 5) is 3.31. The minimum Gasteiger partial charge on any atom is -0.446 e. The van der Waals surface area contributed by atoms with Gasteiger partial charge in [-0.3, -0.25) is 0 Å². The molecular formula is C11H6ClNOS. The molecule has 15 heavy (non-hydrogen) atoms. The van der Waals surface area contributed by atoms with E-state index >= 15 is 0 Å². The van der Waals surface area contributed by atoms with Crippen LogP contribution in [0.3, 0.4) is 0 Å². The summed E-state index contributed by atoms with van der Waals surface area (Å²) < 4.78 is 5.53. The van der Waals surface area contributed by atoms with E-state index in [9.17, 15) is 0 Å². The molecule has 4 heteroatoms. The van der Waals surface area contributed by atoms with Crippen LogP contribution in [0.5, 0.6) is 10.8 Å². The standard InChI is InChI=1S/C11H6ClNOS/c1-13-10-6-7-11(15-10)14-9-5-3-2-4-8(9)12/h2-7H. The summed E-state index contributed by atoms with van der Waals surface area (Å²) in [6, 6.07) is 10.7. The van der Waals surface area contributed by atoms with Crippen molar-refractivity contribution in [1.82, 2.24) is 0 Å². The van der Waals surface area contributed by atoms with Gasteiger partial charge in [-0.05, 0) is 24.3 Å². The molecule has 1 aromatic heterocycles. The summed E-state index contributed by atoms with van der Waals surface area (Å²) in [6.07, 6.45) is 0. The van der Waals surface area contributed by atoms with Crippen LogP contribution in [0.4, 0.5) is 5.00 Å². The first-order chi connectivity index (χ1) is 7.29. The van der Waals surface area contributed by atoms with Crippen molar-refractivity contribution in [2.45, 2.75) is 0 Å². The van der Waals surface area contributed by atoms with Gasteiger partial charge in [0.25, 0.3) is 0 Å². The second-order valence-electron chi connectivity index (χ2n) is 2.74. The van der Waals surface area contributed by atoms with Crippen LogP contribution in [0.25, 0.3) is 4.85 Å². The minimum atomic E-state index is 0.565. The summed E-state index contributed by atoms with van der Waals surface area (Å²) >= 11 is 7.24. The van der Waals surface area contributed by atoms with E-state index in [2.05, 4.69) is 4.85 Å². The lowest BCUT2D eigenvalue weighted by atomic mass is 10.3. The molecule has 2 nitrogen and oxygen atoms in total. The zero-order chi connectivity index (χ0) is 10.7. The Hall–Kier alpha value is -1.50. The molecule has 74 valence electrons. The van der Waals surface area contributed by atoms with Crippen LogP contribution in [-0.2, 0) is 0 Å². The topological polar surface area (TPSA) is 13.6 Å². The predicted octanol–water partition coefficient (Wildman–Crippen LogP) is 4.74. The molecule has 0 radical (unpaired) electrons. The summed E-state index contributed by atoms with van der Waals surface area (Å²) in [5.74, 6) is 0.609. The third-order valence-corrected chi connectivity index (χ3v) is 2.89. The van der Waals surface area contributed by atoms with Crippen molar-refractivity contribution in [2.75, 3.05) is 0 Å². The maximum absolute atomic E-state index is 6.83. The van der Waals surface area contributed by atoms with Crippen molar-refractivity contribution in [3.05, 3.63) is 52.8 Å². The van der Waals surface area contributed by atoms with Crippen LogP contribution >= 0.6 is 22.9 Å². The van der Waals surface area contributed by atoms with Gasteiger partial charge in [0.05, 0.1) is 11.6 Å². The van der Waals surface area contributed by atoms with Crippen molar-refractivity contribution < 1.29 is 4.74 Å². The average molecular weight is 236 g/mol. The lowest BCUT2D eigenvalue weighted by Gasteiger charge is -2.03. The SMILES string of the molecule is [C-]#[N+]c1ccc(Oc2ccccc2Cl)s1. The van der Waals surface area contributed by atoms with Gasteiger partial charge in [-0.25, -0.2) is 4.85 Å². The van der Waals surface area contributed by atoms with Crippen LogP contribution < -0.4 is 4.74 Å². The van der Waals surface area contributed by atoms with E-state index in [0.717, 1.165) is 0 Å². The summed E-state index contributed by atoms with van der Waals surface area (Å²) in [5, 5.41) is 1.85. The van der Waals surface area contributed by atoms with Crippen molar-refractivity contribution in [3.8, 4) is 10.8 Å². The smallest absolute Gasteiger partial charge is 0.244 e. The molecule has 1 heterocycles. The van der Waals surface area contributed by atoms with Crippen molar-refractivity contribution >= 4 is 27.9 Å². The first-order valence-corrected chi connectivity index (χ1v) is 5.39. The fraction of sp³-hybridized carbons (Fsp3) is 0. The lowest BCUT2D eigenvalue weighted by molar-refractivity contribution is 0.497. The fourth-order valence-electron chi connectivity index (χ4n) is 1.06. The Kier molecular flexibility index (Phi) is 2.91. The third-order valence-electron chi connectivity index (χ3n) is 1.72. The van der Waals surface area contributed by atoms with Gasteiger partial charge < -0.3 is 4.74 Å². The Balaban J connectivity index is 2.23. The van der Waals surface area contributed by atoms with Crippen molar-refractivity contribution in [3.63, 3.8) is 0 Å². The zero-order valence-corrected chi connectivity index (χ0v) is 9.18. The van der Waals surface area contributed by atoms with Gasteiger partial charge in [0.15, 0.2) is 5.06 Å². The first-order valence-electron chi connectivity index (χ1n) is 4.19. The number of rotatable bonds is 2. The molecule has 0 aliphatic carbocycles. The highest BCUT2D eigenvalue weighted by atomic mass is 35.5. The van der Waals surface area contributed by atoms with Crippen LogP contribution in [0.1, 0.15) is 0 Å². The molecule has 0 unspecified atom stereocenters. The number of para-hydroxylation sites is 1. The van der Waals surface area contributed by atoms with Gasteiger partial charge >= 0.3 is 0 Å². The van der Waals surface area contributed by atoms with Crippen LogP contribution in [0.15, 0.2) is 36.4 Å². The normalized spacial score (nSPS) is 9.60. The van der Waals surface area contributed by atoms with Gasteiger partial charge in [0.2, 0.25) is 5.00 Å². The van der Waals surface area contributed by atoms with Crippen LogP contribution in [0.2, 0.25) is 5.02 Å². The Morgan fingerprint density at radius 1 is 1.20 bits per heavy atom. The lowest BCUT2D eigenvalue weighted by Crippen LogP contribution is -1.80. The highest BCUT2D eigenvalue weighted by Gasteiger charge is 2.04. The molecule has 0 bridgehead atoms. The summed E-state index contributed by atoms with van der Waals surface area (Å²) in [6.45, 7) is 6.83. The molecular weight excluding hydrogens is 230 g/mol. The molecule has 0 aliphatic rings. The minimum absolute atomic E-state index is 0.565. The number of ether oxygens (including phenoxy) is 1. The Bertz CT molecular complexity index is 515. The average Bonchev–Trinajstić information content (AvgIpc) is 2.69. The molecule has 0 saturated carbocycles. The van der Waals surface area contributed by atoms with Crippen LogP contribution in [0, 0.1) is 6.57 Å². The maximum atomic E-state index is 6.83. The van der Waals surface area contributed by atoms with Gasteiger partial charge in [-0.15, -0.1) is 11.3 Å². The second kappa shape index (κ2) is 4.35. The van der Waals surface area contributed by atoms with Gasteiger partial charge in [0, 0.05) is 0 Å². The van der Waals surface area contributed by atoms with E-state index in [0.29, 0.717) is 20.8 Å². The van der Waals surface area contributed by atoms with Crippen molar-refractivity contribution in [1.29, 1.82) is 0 Å². The van der Waals surface area contributed by atoms with E-state index in [1.807, 2.05) is 12.1 Å². The van der Waals surface area contributed by atoms with E-state index < -0.39 is 0 Å². The number of halogens is 1. The molecule has 2 rings (SSSR count). The molecule has 0 fully saturated rings. The number of benzene rings is 1. The Labute approximate surface area is 96.5 Å². The summed E-state index contributed by atoms with van der Waals surface area (Å²) in [7, 11) is 0. The number of hydrogen-bond donors (Lipinski definition) is 0. The monoisotopic (exact) mass is 235 g/mol. The molecule has 1 aromatic carbocycles. The van der Waals surface area contributed by atoms with E-state index in [1.54, 1.807) is 24.3 Å². The molecule has 0 saturated heterocycles. The third kappa shape index (κ3) is 2.30. The highest BCUT2D eigenvalue weighted by Crippen LogP contribution is 2.36. The molecule has 2 aromatic rings. The molecule has 0 atom stereocenters. The molecule has 0 aliphatic heterocycles. The number of nitrogens with zero attached hydrogens (tertiary/aromatic N) is 1. The molecule has 0 N–H and O–H groups in total. The van der Waals surface area contributed by atoms with Gasteiger partial charge in [0.1, 0.15) is 5.75 Å². The van der Waals surface area contributed by atoms with Gasteiger partial charge in [-0.1, -0.05) is 23.7 Å². The highest BCUT2D eigenvalue weighted by molar-refractivity contribution is 7.17. The summed E-state index contributed by atoms with van der Waals surface area (Å²) in [5.41, 5.74) is 0. The second-order valence-corrected chi connectivity index (χ2v) is 4.17. The van der Waals surface area contributed by atoms with Crippen molar-refractivity contribution in [2.24, 2.45) is 0 Å². The van der Waals surface area contributed by atoms with E-state index in [-0.39, 0.29) is 0 Å². The van der Waals surface area contributed by atoms with E-state index in [1.165, 1.54) is 11.3 Å². The number of thiophene rings is 1. The quantitative estimate of drug-likeness (QED) is 0.686. The Morgan fingerprint density at radius 2 is 2.00 bits per heavy atom. The number of hydrogen-bond acceptors (Lipinski definition) is 2. The maximum Gasteiger partial charge on any atom is 0.244 e. The Morgan fingerprint density at radius 3 is 2.67 bits per heavy atom.